The number of nitrogens with zero attached hydrogens (tertiary/aromatic N) is 3. The monoisotopic (exact) mass is 541 g/mol. The Balaban J connectivity index is 1.91. The van der Waals surface area contributed by atoms with Crippen molar-refractivity contribution < 1.29 is 13.2 Å². The van der Waals surface area contributed by atoms with Crippen LogP contribution in [0, 0.1) is 0 Å². The standard InChI is InChI=1S/C25H24BrN3O4S/c1-4-28(34(31,32)21-15-13-20(33-3)14-16-21)17(2)24-27-23-8-6-5-7-22(23)25(30)29(24)19-11-9-18(26)10-12-19/h5-17H,4H2,1-3H3. The van der Waals surface area contributed by atoms with Gasteiger partial charge in [-0.3, -0.25) is 9.36 Å². The number of fused-ring (bicyclic) bond motifs is 1. The van der Waals surface area contributed by atoms with E-state index in [0.717, 1.165) is 4.47 Å². The molecule has 0 radical (unpaired) electrons. The van der Waals surface area contributed by atoms with Gasteiger partial charge in [0.25, 0.3) is 5.56 Å². The molecule has 4 aromatic rings. The summed E-state index contributed by atoms with van der Waals surface area (Å²) in [5.41, 5.74) is 0.861. The van der Waals surface area contributed by atoms with Crippen molar-refractivity contribution >= 4 is 36.9 Å². The third-order valence-electron chi connectivity index (χ3n) is 5.67. The first-order chi connectivity index (χ1) is 16.3. The van der Waals surface area contributed by atoms with Crippen molar-refractivity contribution in [2.45, 2.75) is 24.8 Å². The maximum atomic E-state index is 13.6. The van der Waals surface area contributed by atoms with E-state index in [0.29, 0.717) is 28.2 Å². The van der Waals surface area contributed by atoms with Crippen molar-refractivity contribution in [2.75, 3.05) is 13.7 Å². The summed E-state index contributed by atoms with van der Waals surface area (Å²) in [5.74, 6) is 0.903. The Kier molecular flexibility index (Phi) is 6.88. The molecule has 1 aromatic heterocycles. The molecule has 176 valence electrons. The number of ether oxygens (including phenoxy) is 1. The van der Waals surface area contributed by atoms with Crippen molar-refractivity contribution in [1.82, 2.24) is 13.9 Å². The van der Waals surface area contributed by atoms with Crippen LogP contribution in [0.3, 0.4) is 0 Å². The first-order valence-electron chi connectivity index (χ1n) is 10.7. The highest BCUT2D eigenvalue weighted by Crippen LogP contribution is 2.29. The Morgan fingerprint density at radius 2 is 1.68 bits per heavy atom. The van der Waals surface area contributed by atoms with Gasteiger partial charge in [-0.2, -0.15) is 4.31 Å². The van der Waals surface area contributed by atoms with Crippen LogP contribution in [0.4, 0.5) is 0 Å². The number of hydrogen-bond acceptors (Lipinski definition) is 5. The topological polar surface area (TPSA) is 81.5 Å². The maximum Gasteiger partial charge on any atom is 0.266 e. The van der Waals surface area contributed by atoms with E-state index in [1.807, 2.05) is 12.1 Å². The van der Waals surface area contributed by atoms with E-state index >= 15 is 0 Å². The van der Waals surface area contributed by atoms with Crippen LogP contribution in [0.1, 0.15) is 25.7 Å². The molecule has 0 aliphatic carbocycles. The molecule has 1 heterocycles. The van der Waals surface area contributed by atoms with Crippen molar-refractivity contribution in [3.63, 3.8) is 0 Å². The maximum absolute atomic E-state index is 13.6. The van der Waals surface area contributed by atoms with Crippen LogP contribution in [0.25, 0.3) is 16.6 Å². The van der Waals surface area contributed by atoms with Gasteiger partial charge < -0.3 is 4.74 Å². The van der Waals surface area contributed by atoms with Crippen LogP contribution in [0.2, 0.25) is 0 Å². The van der Waals surface area contributed by atoms with Gasteiger partial charge in [0.1, 0.15) is 11.6 Å². The number of sulfonamides is 1. The number of methoxy groups -OCH3 is 1. The molecule has 34 heavy (non-hydrogen) atoms. The van der Waals surface area contributed by atoms with Crippen molar-refractivity contribution in [3.05, 3.63) is 93.4 Å². The first-order valence-corrected chi connectivity index (χ1v) is 12.9. The van der Waals surface area contributed by atoms with Crippen molar-refractivity contribution in [1.29, 1.82) is 0 Å². The highest BCUT2D eigenvalue weighted by molar-refractivity contribution is 9.10. The minimum atomic E-state index is -3.88. The third-order valence-corrected chi connectivity index (χ3v) is 8.26. The molecule has 1 unspecified atom stereocenters. The minimum absolute atomic E-state index is 0.139. The van der Waals surface area contributed by atoms with Crippen LogP contribution < -0.4 is 10.3 Å². The van der Waals surface area contributed by atoms with Gasteiger partial charge in [-0.05, 0) is 67.6 Å². The summed E-state index contributed by atoms with van der Waals surface area (Å²) in [6.07, 6.45) is 0. The summed E-state index contributed by atoms with van der Waals surface area (Å²) in [6.45, 7) is 3.70. The minimum Gasteiger partial charge on any atom is -0.497 e. The van der Waals surface area contributed by atoms with Crippen LogP contribution in [0.15, 0.2) is 87.0 Å². The number of hydrogen-bond donors (Lipinski definition) is 0. The summed E-state index contributed by atoms with van der Waals surface area (Å²) >= 11 is 3.42. The molecule has 0 aliphatic rings. The zero-order chi connectivity index (χ0) is 24.5. The van der Waals surface area contributed by atoms with Gasteiger partial charge in [0.05, 0.1) is 34.6 Å². The zero-order valence-electron chi connectivity index (χ0n) is 19.0. The van der Waals surface area contributed by atoms with Gasteiger partial charge in [-0.15, -0.1) is 0 Å². The largest absolute Gasteiger partial charge is 0.497 e. The van der Waals surface area contributed by atoms with Gasteiger partial charge in [0.2, 0.25) is 10.0 Å². The Bertz CT molecular complexity index is 1480. The smallest absolute Gasteiger partial charge is 0.266 e. The van der Waals surface area contributed by atoms with Crippen LogP contribution in [-0.4, -0.2) is 35.9 Å². The van der Waals surface area contributed by atoms with E-state index in [1.165, 1.54) is 28.1 Å². The second-order valence-corrected chi connectivity index (χ2v) is 10.5. The van der Waals surface area contributed by atoms with E-state index in [1.54, 1.807) is 62.4 Å². The summed E-state index contributed by atoms with van der Waals surface area (Å²) in [5, 5.41) is 0.461. The van der Waals surface area contributed by atoms with E-state index in [4.69, 9.17) is 9.72 Å². The molecule has 4 rings (SSSR count). The average molecular weight is 542 g/mol. The number of aromatic nitrogens is 2. The lowest BCUT2D eigenvalue weighted by Crippen LogP contribution is -2.37. The average Bonchev–Trinajstić information content (AvgIpc) is 2.85. The quantitative estimate of drug-likeness (QED) is 0.331. The highest BCUT2D eigenvalue weighted by Gasteiger charge is 2.32. The fourth-order valence-corrected chi connectivity index (χ4v) is 5.80. The molecule has 0 N–H and O–H groups in total. The molecular formula is C25H24BrN3O4S. The third kappa shape index (κ3) is 4.38. The molecule has 0 saturated carbocycles. The normalized spacial score (nSPS) is 12.7. The Hall–Kier alpha value is -3.01. The number of benzene rings is 3. The summed E-state index contributed by atoms with van der Waals surface area (Å²) in [6, 6.07) is 19.8. The molecule has 0 bridgehead atoms. The van der Waals surface area contributed by atoms with Gasteiger partial charge in [0, 0.05) is 11.0 Å². The fraction of sp³-hybridized carbons (Fsp3) is 0.200. The van der Waals surface area contributed by atoms with Gasteiger partial charge in [-0.25, -0.2) is 13.4 Å². The Labute approximate surface area is 206 Å². The molecule has 0 saturated heterocycles. The van der Waals surface area contributed by atoms with Gasteiger partial charge in [-0.1, -0.05) is 35.0 Å². The molecule has 9 heteroatoms. The SMILES string of the molecule is CCN(C(C)c1nc2ccccc2c(=O)n1-c1ccc(Br)cc1)S(=O)(=O)c1ccc(OC)cc1. The molecule has 0 spiro atoms. The number of rotatable bonds is 7. The van der Waals surface area contributed by atoms with Crippen molar-refractivity contribution in [3.8, 4) is 11.4 Å². The second kappa shape index (κ2) is 9.69. The second-order valence-electron chi connectivity index (χ2n) is 7.66. The first kappa shape index (κ1) is 24.1. The fourth-order valence-electron chi connectivity index (χ4n) is 3.93. The molecule has 0 fully saturated rings. The molecule has 7 nitrogen and oxygen atoms in total. The summed E-state index contributed by atoms with van der Waals surface area (Å²) < 4.78 is 36.0. The lowest BCUT2D eigenvalue weighted by atomic mass is 10.2. The van der Waals surface area contributed by atoms with Crippen molar-refractivity contribution in [2.24, 2.45) is 0 Å². The van der Waals surface area contributed by atoms with E-state index in [9.17, 15) is 13.2 Å². The number of para-hydroxylation sites is 1. The lowest BCUT2D eigenvalue weighted by Gasteiger charge is -2.28. The highest BCUT2D eigenvalue weighted by atomic mass is 79.9. The lowest BCUT2D eigenvalue weighted by molar-refractivity contribution is 0.340. The molecule has 3 aromatic carbocycles. The van der Waals surface area contributed by atoms with Crippen LogP contribution >= 0.6 is 15.9 Å². The summed E-state index contributed by atoms with van der Waals surface area (Å²) in [7, 11) is -2.36. The molecule has 0 amide bonds. The molecular weight excluding hydrogens is 518 g/mol. The van der Waals surface area contributed by atoms with E-state index in [-0.39, 0.29) is 17.0 Å². The zero-order valence-corrected chi connectivity index (χ0v) is 21.4. The van der Waals surface area contributed by atoms with E-state index < -0.39 is 16.1 Å². The predicted octanol–water partition coefficient (Wildman–Crippen LogP) is 4.93. The van der Waals surface area contributed by atoms with Crippen LogP contribution in [0.5, 0.6) is 5.75 Å². The number of halogens is 1. The molecule has 1 atom stereocenters. The van der Waals surface area contributed by atoms with Crippen LogP contribution in [-0.2, 0) is 10.0 Å². The Morgan fingerprint density at radius 3 is 2.29 bits per heavy atom. The van der Waals surface area contributed by atoms with Gasteiger partial charge in [0.15, 0.2) is 0 Å². The van der Waals surface area contributed by atoms with Gasteiger partial charge >= 0.3 is 0 Å². The predicted molar refractivity (Wildman–Crippen MR) is 136 cm³/mol. The Morgan fingerprint density at radius 1 is 1.03 bits per heavy atom. The summed E-state index contributed by atoms with van der Waals surface area (Å²) in [4.78, 5) is 18.5. The van der Waals surface area contributed by atoms with E-state index in [2.05, 4.69) is 15.9 Å². The molecule has 0 aliphatic heterocycles.